The third kappa shape index (κ3) is 4.02. The average molecular weight is 456 g/mol. The number of fused-ring (bicyclic) bond motifs is 1. The summed E-state index contributed by atoms with van der Waals surface area (Å²) in [5.41, 5.74) is 7.35. The zero-order valence-corrected chi connectivity index (χ0v) is 18.8. The van der Waals surface area contributed by atoms with E-state index in [0.29, 0.717) is 11.1 Å². The number of anilines is 3. The van der Waals surface area contributed by atoms with E-state index in [1.165, 1.54) is 0 Å². The number of nitriles is 2. The predicted octanol–water partition coefficient (Wildman–Crippen LogP) is 7.26. The van der Waals surface area contributed by atoms with Gasteiger partial charge in [-0.2, -0.15) is 19.3 Å². The Balaban J connectivity index is 1.56. The van der Waals surface area contributed by atoms with Crippen molar-refractivity contribution in [2.24, 2.45) is 0 Å². The van der Waals surface area contributed by atoms with E-state index >= 15 is 0 Å². The van der Waals surface area contributed by atoms with Crippen molar-refractivity contribution in [2.75, 3.05) is 4.90 Å². The molecule has 1 aromatic heterocycles. The van der Waals surface area contributed by atoms with Crippen LogP contribution in [0.3, 0.4) is 0 Å². The Morgan fingerprint density at radius 1 is 0.676 bits per heavy atom. The molecule has 1 heterocycles. The van der Waals surface area contributed by atoms with Gasteiger partial charge in [0.15, 0.2) is 0 Å². The van der Waals surface area contributed by atoms with Crippen molar-refractivity contribution < 1.29 is 0 Å². The van der Waals surface area contributed by atoms with Crippen molar-refractivity contribution >= 4 is 45.9 Å². The van der Waals surface area contributed by atoms with Crippen molar-refractivity contribution in [3.05, 3.63) is 108 Å². The number of allylic oxidation sites excluding steroid dienone is 1. The van der Waals surface area contributed by atoms with Crippen LogP contribution in [0.5, 0.6) is 0 Å². The first-order chi connectivity index (χ1) is 16.8. The van der Waals surface area contributed by atoms with E-state index in [9.17, 15) is 0 Å². The number of para-hydroxylation sites is 2. The van der Waals surface area contributed by atoms with Crippen LogP contribution in [-0.2, 0) is 0 Å². The summed E-state index contributed by atoms with van der Waals surface area (Å²) in [5.74, 6) is 0. The van der Waals surface area contributed by atoms with Crippen LogP contribution in [0.2, 0.25) is 0 Å². The first kappa shape index (κ1) is 21.1. The van der Waals surface area contributed by atoms with Gasteiger partial charge in [-0.15, -0.1) is 0 Å². The van der Waals surface area contributed by atoms with Crippen molar-refractivity contribution in [1.82, 2.24) is 8.75 Å². The molecule has 0 saturated carbocycles. The molecule has 5 nitrogen and oxygen atoms in total. The zero-order valence-electron chi connectivity index (χ0n) is 18.0. The SMILES string of the molecule is N#CC(C#N)=Cc1ccc(-c2ccc(N(c3ccccc3)c3ccccc3)cc2)c2nsnc12. The molecule has 6 heteroatoms. The smallest absolute Gasteiger partial charge is 0.130 e. The van der Waals surface area contributed by atoms with Gasteiger partial charge in [0, 0.05) is 28.2 Å². The highest BCUT2D eigenvalue weighted by molar-refractivity contribution is 7.00. The van der Waals surface area contributed by atoms with Crippen LogP contribution in [0.15, 0.2) is 103 Å². The summed E-state index contributed by atoms with van der Waals surface area (Å²) < 4.78 is 8.90. The molecule has 0 fully saturated rings. The molecular weight excluding hydrogens is 438 g/mol. The molecule has 0 N–H and O–H groups in total. The monoisotopic (exact) mass is 455 g/mol. The van der Waals surface area contributed by atoms with Crippen molar-refractivity contribution in [3.63, 3.8) is 0 Å². The number of aromatic nitrogens is 2. The highest BCUT2D eigenvalue weighted by Crippen LogP contribution is 2.36. The third-order valence-electron chi connectivity index (χ3n) is 5.45. The van der Waals surface area contributed by atoms with Gasteiger partial charge in [-0.25, -0.2) is 0 Å². The second-order valence-corrected chi connectivity index (χ2v) is 8.03. The van der Waals surface area contributed by atoms with E-state index in [4.69, 9.17) is 10.5 Å². The minimum absolute atomic E-state index is 0.0355. The molecule has 34 heavy (non-hydrogen) atoms. The molecule has 0 aliphatic carbocycles. The van der Waals surface area contributed by atoms with Gasteiger partial charge in [0.1, 0.15) is 28.7 Å². The summed E-state index contributed by atoms with van der Waals surface area (Å²) >= 11 is 1.12. The fraction of sp³-hybridized carbons (Fsp3) is 0. The summed E-state index contributed by atoms with van der Waals surface area (Å²) in [6.07, 6.45) is 1.55. The van der Waals surface area contributed by atoms with E-state index in [1.807, 2.05) is 60.7 Å². The molecule has 0 spiro atoms. The average Bonchev–Trinajstić information content (AvgIpc) is 3.40. The summed E-state index contributed by atoms with van der Waals surface area (Å²) in [5, 5.41) is 18.2. The van der Waals surface area contributed by atoms with Crippen LogP contribution in [-0.4, -0.2) is 8.75 Å². The third-order valence-corrected chi connectivity index (χ3v) is 5.98. The van der Waals surface area contributed by atoms with Gasteiger partial charge >= 0.3 is 0 Å². The molecule has 4 aromatic carbocycles. The van der Waals surface area contributed by atoms with Crippen LogP contribution < -0.4 is 4.90 Å². The molecule has 0 aliphatic heterocycles. The van der Waals surface area contributed by atoms with Gasteiger partial charge in [0.05, 0.1) is 11.7 Å². The van der Waals surface area contributed by atoms with Gasteiger partial charge in [0.25, 0.3) is 0 Å². The van der Waals surface area contributed by atoms with Gasteiger partial charge < -0.3 is 4.90 Å². The lowest BCUT2D eigenvalue weighted by atomic mass is 10.00. The fourth-order valence-corrected chi connectivity index (χ4v) is 4.45. The molecule has 5 aromatic rings. The van der Waals surface area contributed by atoms with Crippen molar-refractivity contribution in [1.29, 1.82) is 10.5 Å². The maximum Gasteiger partial charge on any atom is 0.130 e. The Morgan fingerprint density at radius 2 is 1.24 bits per heavy atom. The van der Waals surface area contributed by atoms with E-state index in [0.717, 1.165) is 45.4 Å². The summed E-state index contributed by atoms with van der Waals surface area (Å²) in [6.45, 7) is 0. The lowest BCUT2D eigenvalue weighted by Gasteiger charge is -2.25. The van der Waals surface area contributed by atoms with Crippen molar-refractivity contribution in [2.45, 2.75) is 0 Å². The summed E-state index contributed by atoms with van der Waals surface area (Å²) in [6, 6.07) is 36.5. The molecule has 0 unspecified atom stereocenters. The number of rotatable bonds is 5. The number of benzene rings is 4. The van der Waals surface area contributed by atoms with Gasteiger partial charge in [-0.3, -0.25) is 0 Å². The molecule has 0 radical (unpaired) electrons. The van der Waals surface area contributed by atoms with Crippen LogP contribution in [0.1, 0.15) is 5.56 Å². The molecule has 0 saturated heterocycles. The van der Waals surface area contributed by atoms with Gasteiger partial charge in [-0.05, 0) is 48.0 Å². The zero-order chi connectivity index (χ0) is 23.3. The molecule has 0 atom stereocenters. The Labute approximate surface area is 201 Å². The molecule has 0 aliphatic rings. The van der Waals surface area contributed by atoms with E-state index < -0.39 is 0 Å². The Bertz CT molecular complexity index is 1500. The summed E-state index contributed by atoms with van der Waals surface area (Å²) in [4.78, 5) is 2.21. The van der Waals surface area contributed by atoms with E-state index in [-0.39, 0.29) is 5.57 Å². The van der Waals surface area contributed by atoms with Gasteiger partial charge in [0.2, 0.25) is 0 Å². The standard InChI is InChI=1S/C28H17N5S/c29-18-20(19-30)17-22-13-16-26(28-27(22)31-34-32-28)21-11-14-25(15-12-21)33(23-7-3-1-4-8-23)24-9-5-2-6-10-24/h1-17H. The van der Waals surface area contributed by atoms with Crippen LogP contribution >= 0.6 is 11.7 Å². The normalized spacial score (nSPS) is 10.3. The van der Waals surface area contributed by atoms with Gasteiger partial charge in [-0.1, -0.05) is 60.7 Å². The van der Waals surface area contributed by atoms with Crippen molar-refractivity contribution in [3.8, 4) is 23.3 Å². The second kappa shape index (κ2) is 9.38. The maximum atomic E-state index is 9.10. The number of nitrogens with zero attached hydrogens (tertiary/aromatic N) is 5. The largest absolute Gasteiger partial charge is 0.311 e. The van der Waals surface area contributed by atoms with E-state index in [2.05, 4.69) is 62.2 Å². The van der Waals surface area contributed by atoms with E-state index in [1.54, 1.807) is 6.08 Å². The summed E-state index contributed by atoms with van der Waals surface area (Å²) in [7, 11) is 0. The molecule has 0 bridgehead atoms. The highest BCUT2D eigenvalue weighted by atomic mass is 32.1. The van der Waals surface area contributed by atoms with Crippen LogP contribution in [0.25, 0.3) is 28.2 Å². The minimum Gasteiger partial charge on any atom is -0.311 e. The molecule has 160 valence electrons. The maximum absolute atomic E-state index is 9.10. The first-order valence-corrected chi connectivity index (χ1v) is 11.3. The highest BCUT2D eigenvalue weighted by Gasteiger charge is 2.14. The van der Waals surface area contributed by atoms with Crippen LogP contribution in [0, 0.1) is 22.7 Å². The Morgan fingerprint density at radius 3 is 1.82 bits per heavy atom. The molecular formula is C28H17N5S. The minimum atomic E-state index is 0.0355. The first-order valence-electron chi connectivity index (χ1n) is 10.6. The molecule has 0 amide bonds. The Kier molecular flexibility index (Phi) is 5.82. The fourth-order valence-electron chi connectivity index (χ4n) is 3.87. The quantitative estimate of drug-likeness (QED) is 0.261. The number of hydrogen-bond acceptors (Lipinski definition) is 6. The topological polar surface area (TPSA) is 76.6 Å². The molecule has 5 rings (SSSR count). The van der Waals surface area contributed by atoms with Crippen LogP contribution in [0.4, 0.5) is 17.1 Å². The second-order valence-electron chi connectivity index (χ2n) is 7.50. The number of hydrogen-bond donors (Lipinski definition) is 0. The lowest BCUT2D eigenvalue weighted by molar-refractivity contribution is 1.28. The lowest BCUT2D eigenvalue weighted by Crippen LogP contribution is -2.09. The predicted molar refractivity (Wildman–Crippen MR) is 137 cm³/mol. The Hall–Kier alpha value is -4.78.